The van der Waals surface area contributed by atoms with Crippen LogP contribution < -0.4 is 11.1 Å². The number of aromatic nitrogens is 2. The summed E-state index contributed by atoms with van der Waals surface area (Å²) in [7, 11) is 0. The van der Waals surface area contributed by atoms with E-state index in [2.05, 4.69) is 20.3 Å². The number of aromatic amines is 1. The second kappa shape index (κ2) is 5.86. The predicted molar refractivity (Wildman–Crippen MR) is 55.0 cm³/mol. The number of carbonyl (C=O) groups is 2. The Morgan fingerprint density at radius 1 is 1.69 bits per heavy atom. The maximum Gasteiger partial charge on any atom is 0.332 e. The van der Waals surface area contributed by atoms with Gasteiger partial charge in [0, 0.05) is 18.3 Å². The number of H-pyrrole nitrogens is 1. The molecule has 0 saturated heterocycles. The lowest BCUT2D eigenvalue weighted by molar-refractivity contribution is -0.148. The summed E-state index contributed by atoms with van der Waals surface area (Å²) in [6, 6.07) is -1.29. The quantitative estimate of drug-likeness (QED) is 0.437. The molecule has 0 fully saturated rings. The molecule has 1 rings (SSSR count). The summed E-state index contributed by atoms with van der Waals surface area (Å²) in [4.78, 5) is 22.5. The van der Waals surface area contributed by atoms with Gasteiger partial charge in [-0.25, -0.2) is 4.79 Å². The summed E-state index contributed by atoms with van der Waals surface area (Å²) in [5, 5.41) is 8.81. The molecule has 16 heavy (non-hydrogen) atoms. The van der Waals surface area contributed by atoms with Gasteiger partial charge in [-0.3, -0.25) is 9.89 Å². The first-order valence-electron chi connectivity index (χ1n) is 4.82. The van der Waals surface area contributed by atoms with Gasteiger partial charge in [-0.15, -0.1) is 0 Å². The molecule has 4 N–H and O–H groups in total. The van der Waals surface area contributed by atoms with E-state index in [-0.39, 0.29) is 13.2 Å². The maximum atomic E-state index is 11.4. The third-order valence-corrected chi connectivity index (χ3v) is 1.84. The fourth-order valence-corrected chi connectivity index (χ4v) is 1.01. The lowest BCUT2D eigenvalue weighted by atomic mass is 10.3. The Bertz CT molecular complexity index is 350. The normalized spacial score (nSPS) is 11.9. The third kappa shape index (κ3) is 3.35. The zero-order valence-electron chi connectivity index (χ0n) is 8.90. The van der Waals surface area contributed by atoms with Gasteiger partial charge >= 0.3 is 5.97 Å². The number of nitrogens with one attached hydrogen (secondary N) is 2. The molecule has 0 saturated carbocycles. The highest BCUT2D eigenvalue weighted by Crippen LogP contribution is 1.93. The number of ether oxygens (including phenoxy) is 1. The maximum absolute atomic E-state index is 11.4. The van der Waals surface area contributed by atoms with Gasteiger partial charge in [0.1, 0.15) is 0 Å². The molecule has 1 aromatic rings. The predicted octanol–water partition coefficient (Wildman–Crippen LogP) is -1.08. The van der Waals surface area contributed by atoms with E-state index in [0.717, 1.165) is 5.56 Å². The van der Waals surface area contributed by atoms with Crippen molar-refractivity contribution < 1.29 is 14.3 Å². The Morgan fingerprint density at radius 3 is 3.00 bits per heavy atom. The van der Waals surface area contributed by atoms with Crippen LogP contribution in [-0.4, -0.2) is 34.7 Å². The van der Waals surface area contributed by atoms with Gasteiger partial charge in [0.2, 0.25) is 5.91 Å². The number of hydrogen-bond donors (Lipinski definition) is 3. The minimum Gasteiger partial charge on any atom is -0.464 e. The molecule has 0 aliphatic carbocycles. The zero-order valence-corrected chi connectivity index (χ0v) is 8.90. The molecule has 0 aromatic carbocycles. The minimum atomic E-state index is -1.29. The van der Waals surface area contributed by atoms with Crippen LogP contribution in [0.1, 0.15) is 12.5 Å². The smallest absolute Gasteiger partial charge is 0.332 e. The SMILES string of the molecule is CCOC(=O)C(N)C(=O)NCc1cn[nH]c1. The molecule has 88 valence electrons. The van der Waals surface area contributed by atoms with E-state index in [1.807, 2.05) is 0 Å². The van der Waals surface area contributed by atoms with E-state index in [9.17, 15) is 9.59 Å². The molecular weight excluding hydrogens is 212 g/mol. The van der Waals surface area contributed by atoms with Gasteiger partial charge in [0.25, 0.3) is 0 Å². The van der Waals surface area contributed by atoms with Crippen LogP contribution in [0.2, 0.25) is 0 Å². The van der Waals surface area contributed by atoms with Crippen molar-refractivity contribution >= 4 is 11.9 Å². The van der Waals surface area contributed by atoms with E-state index in [1.165, 1.54) is 0 Å². The number of hydrogen-bond acceptors (Lipinski definition) is 5. The van der Waals surface area contributed by atoms with E-state index in [4.69, 9.17) is 5.73 Å². The average Bonchev–Trinajstić information content (AvgIpc) is 2.78. The second-order valence-electron chi connectivity index (χ2n) is 3.05. The van der Waals surface area contributed by atoms with Gasteiger partial charge in [0.05, 0.1) is 12.8 Å². The van der Waals surface area contributed by atoms with Crippen molar-refractivity contribution in [3.8, 4) is 0 Å². The molecule has 0 spiro atoms. The summed E-state index contributed by atoms with van der Waals surface area (Å²) in [6.07, 6.45) is 3.20. The van der Waals surface area contributed by atoms with Crippen LogP contribution in [0.5, 0.6) is 0 Å². The van der Waals surface area contributed by atoms with Crippen molar-refractivity contribution in [2.75, 3.05) is 6.61 Å². The van der Waals surface area contributed by atoms with Crippen molar-refractivity contribution in [3.05, 3.63) is 18.0 Å². The molecule has 0 aliphatic heterocycles. The largest absolute Gasteiger partial charge is 0.464 e. The van der Waals surface area contributed by atoms with E-state index in [0.29, 0.717) is 0 Å². The number of esters is 1. The van der Waals surface area contributed by atoms with Crippen molar-refractivity contribution in [1.29, 1.82) is 0 Å². The number of nitrogens with zero attached hydrogens (tertiary/aromatic N) is 1. The van der Waals surface area contributed by atoms with Gasteiger partial charge in [-0.2, -0.15) is 5.10 Å². The van der Waals surface area contributed by atoms with Crippen molar-refractivity contribution in [3.63, 3.8) is 0 Å². The number of carbonyl (C=O) groups excluding carboxylic acids is 2. The molecule has 0 bridgehead atoms. The van der Waals surface area contributed by atoms with Gasteiger partial charge in [0.15, 0.2) is 6.04 Å². The number of nitrogens with two attached hydrogens (primary N) is 1. The van der Waals surface area contributed by atoms with Crippen molar-refractivity contribution in [2.24, 2.45) is 5.73 Å². The molecule has 7 heteroatoms. The van der Waals surface area contributed by atoms with Gasteiger partial charge in [-0.1, -0.05) is 0 Å². The molecule has 0 radical (unpaired) electrons. The summed E-state index contributed by atoms with van der Waals surface area (Å²) in [5.74, 6) is -1.30. The fraction of sp³-hybridized carbons (Fsp3) is 0.444. The van der Waals surface area contributed by atoms with E-state index < -0.39 is 17.9 Å². The number of rotatable bonds is 5. The second-order valence-corrected chi connectivity index (χ2v) is 3.05. The van der Waals surface area contributed by atoms with Crippen LogP contribution in [0.3, 0.4) is 0 Å². The Hall–Kier alpha value is -1.89. The fourth-order valence-electron chi connectivity index (χ4n) is 1.01. The van der Waals surface area contributed by atoms with Crippen LogP contribution in [0.4, 0.5) is 0 Å². The van der Waals surface area contributed by atoms with Crippen LogP contribution in [0.15, 0.2) is 12.4 Å². The monoisotopic (exact) mass is 226 g/mol. The first-order chi connectivity index (χ1) is 7.65. The van der Waals surface area contributed by atoms with Crippen molar-refractivity contribution in [2.45, 2.75) is 19.5 Å². The highest BCUT2D eigenvalue weighted by atomic mass is 16.5. The topological polar surface area (TPSA) is 110 Å². The highest BCUT2D eigenvalue weighted by molar-refractivity contribution is 6.01. The molecular formula is C9H14N4O3. The standard InChI is InChI=1S/C9H14N4O3/c1-2-16-9(15)7(10)8(14)11-3-6-4-12-13-5-6/h4-5,7H,2-3,10H2,1H3,(H,11,14)(H,12,13). The average molecular weight is 226 g/mol. The van der Waals surface area contributed by atoms with Crippen LogP contribution in [0.25, 0.3) is 0 Å². The molecule has 1 aromatic heterocycles. The summed E-state index contributed by atoms with van der Waals surface area (Å²) in [5.41, 5.74) is 6.17. The van der Waals surface area contributed by atoms with Gasteiger partial charge in [-0.05, 0) is 6.92 Å². The Balaban J connectivity index is 2.37. The molecule has 1 unspecified atom stereocenters. The van der Waals surface area contributed by atoms with Gasteiger partial charge < -0.3 is 15.8 Å². The molecule has 0 aliphatic rings. The van der Waals surface area contributed by atoms with Crippen molar-refractivity contribution in [1.82, 2.24) is 15.5 Å². The Labute approximate surface area is 92.3 Å². The van der Waals surface area contributed by atoms with E-state index in [1.54, 1.807) is 19.3 Å². The van der Waals surface area contributed by atoms with Crippen LogP contribution >= 0.6 is 0 Å². The summed E-state index contributed by atoms with van der Waals surface area (Å²) in [6.45, 7) is 2.11. The Morgan fingerprint density at radius 2 is 2.44 bits per heavy atom. The third-order valence-electron chi connectivity index (χ3n) is 1.84. The lowest BCUT2D eigenvalue weighted by Gasteiger charge is -2.10. The molecule has 1 amide bonds. The van der Waals surface area contributed by atoms with E-state index >= 15 is 0 Å². The molecule has 7 nitrogen and oxygen atoms in total. The summed E-state index contributed by atoms with van der Waals surface area (Å²) >= 11 is 0. The zero-order chi connectivity index (χ0) is 12.0. The first kappa shape index (κ1) is 12.2. The van der Waals surface area contributed by atoms with Crippen LogP contribution in [-0.2, 0) is 20.9 Å². The molecule has 1 heterocycles. The molecule has 1 atom stereocenters. The summed E-state index contributed by atoms with van der Waals surface area (Å²) < 4.78 is 4.62. The first-order valence-corrected chi connectivity index (χ1v) is 4.82. The van der Waals surface area contributed by atoms with Crippen LogP contribution in [0, 0.1) is 0 Å². The minimum absolute atomic E-state index is 0.196. The highest BCUT2D eigenvalue weighted by Gasteiger charge is 2.22. The lowest BCUT2D eigenvalue weighted by Crippen LogP contribution is -2.46. The Kier molecular flexibility index (Phi) is 4.46. The number of amides is 1.